The molecule has 0 spiro atoms. The maximum Gasteiger partial charge on any atom is 0.306 e. The summed E-state index contributed by atoms with van der Waals surface area (Å²) in [6.45, 7) is 6.49. The van der Waals surface area contributed by atoms with E-state index in [-0.39, 0.29) is 31.1 Å². The molecular weight excluding hydrogens is 997 g/mol. The van der Waals surface area contributed by atoms with Crippen molar-refractivity contribution in [2.75, 3.05) is 13.2 Å². The van der Waals surface area contributed by atoms with Gasteiger partial charge in [0.2, 0.25) is 0 Å². The van der Waals surface area contributed by atoms with Crippen LogP contribution in [0.1, 0.15) is 355 Å². The van der Waals surface area contributed by atoms with Gasteiger partial charge in [-0.2, -0.15) is 0 Å². The molecule has 0 bridgehead atoms. The smallest absolute Gasteiger partial charge is 0.306 e. The first-order valence-electron chi connectivity index (χ1n) is 35.1. The highest BCUT2D eigenvalue weighted by Gasteiger charge is 2.19. The highest BCUT2D eigenvalue weighted by molar-refractivity contribution is 5.71. The quantitative estimate of drug-likeness (QED) is 0.0261. The fourth-order valence-corrected chi connectivity index (χ4v) is 10.1. The maximum atomic E-state index is 12.9. The van der Waals surface area contributed by atoms with Gasteiger partial charge in [0.15, 0.2) is 6.10 Å². The number of unbranched alkanes of at least 4 members (excludes halogenated alkanes) is 39. The summed E-state index contributed by atoms with van der Waals surface area (Å²) in [6.07, 6.45) is 91.9. The molecule has 0 saturated carbocycles. The zero-order valence-electron chi connectivity index (χ0n) is 53.8. The van der Waals surface area contributed by atoms with Gasteiger partial charge in [0.25, 0.3) is 0 Å². The van der Waals surface area contributed by atoms with Gasteiger partial charge < -0.3 is 14.2 Å². The fraction of sp³-hybridized carbons (Fsp3) is 0.773. The number of allylic oxidation sites excluding steroid dienone is 14. The normalized spacial score (nSPS) is 12.6. The molecule has 0 aliphatic heterocycles. The molecule has 0 heterocycles. The Hall–Kier alpha value is -3.41. The van der Waals surface area contributed by atoms with Crippen LogP contribution in [-0.4, -0.2) is 37.2 Å². The van der Waals surface area contributed by atoms with Gasteiger partial charge in [-0.3, -0.25) is 14.4 Å². The Labute approximate surface area is 503 Å². The summed E-state index contributed by atoms with van der Waals surface area (Å²) in [7, 11) is 0. The van der Waals surface area contributed by atoms with Crippen molar-refractivity contribution in [2.45, 2.75) is 361 Å². The van der Waals surface area contributed by atoms with Crippen molar-refractivity contribution in [2.24, 2.45) is 0 Å². The molecule has 0 aliphatic rings. The van der Waals surface area contributed by atoms with Crippen molar-refractivity contribution in [3.05, 3.63) is 85.1 Å². The number of hydrogen-bond acceptors (Lipinski definition) is 6. The average Bonchev–Trinajstić information content (AvgIpc) is 3.46. The summed E-state index contributed by atoms with van der Waals surface area (Å²) in [6, 6.07) is 0. The van der Waals surface area contributed by atoms with Crippen molar-refractivity contribution in [1.29, 1.82) is 0 Å². The first-order valence-corrected chi connectivity index (χ1v) is 35.1. The first-order chi connectivity index (χ1) is 40.0. The number of ether oxygens (including phenoxy) is 3. The largest absolute Gasteiger partial charge is 0.462 e. The van der Waals surface area contributed by atoms with Crippen LogP contribution in [0.4, 0.5) is 0 Å². The van der Waals surface area contributed by atoms with Gasteiger partial charge >= 0.3 is 17.9 Å². The monoisotopic (exact) mass is 1130 g/mol. The van der Waals surface area contributed by atoms with E-state index in [1.807, 2.05) is 0 Å². The van der Waals surface area contributed by atoms with Crippen molar-refractivity contribution in [1.82, 2.24) is 0 Å². The molecule has 0 N–H and O–H groups in total. The third-order valence-corrected chi connectivity index (χ3v) is 15.3. The molecule has 0 fully saturated rings. The molecule has 0 aromatic rings. The molecule has 0 radical (unpaired) electrons. The van der Waals surface area contributed by atoms with Crippen LogP contribution < -0.4 is 0 Å². The van der Waals surface area contributed by atoms with Crippen LogP contribution in [0.3, 0.4) is 0 Å². The Morgan fingerprint density at radius 1 is 0.259 bits per heavy atom. The molecule has 1 unspecified atom stereocenters. The van der Waals surface area contributed by atoms with Crippen molar-refractivity contribution >= 4 is 17.9 Å². The van der Waals surface area contributed by atoms with Crippen LogP contribution in [0.5, 0.6) is 0 Å². The van der Waals surface area contributed by atoms with Gasteiger partial charge in [0.1, 0.15) is 13.2 Å². The zero-order chi connectivity index (χ0) is 58.5. The number of carbonyl (C=O) groups is 3. The summed E-state index contributed by atoms with van der Waals surface area (Å²) < 4.78 is 17.0. The molecule has 0 rings (SSSR count). The van der Waals surface area contributed by atoms with E-state index < -0.39 is 6.10 Å². The van der Waals surface area contributed by atoms with E-state index >= 15 is 0 Å². The highest BCUT2D eigenvalue weighted by Crippen LogP contribution is 2.17. The third kappa shape index (κ3) is 67.3. The van der Waals surface area contributed by atoms with Crippen LogP contribution in [0.25, 0.3) is 0 Å². The van der Waals surface area contributed by atoms with Crippen LogP contribution >= 0.6 is 0 Å². The lowest BCUT2D eigenvalue weighted by molar-refractivity contribution is -0.167. The standard InChI is InChI=1S/C75H132O6/c1-4-7-10-13-16-19-22-25-27-29-31-33-34-35-36-37-38-39-40-42-43-45-47-50-53-56-59-62-65-68-74(77)80-71-72(70-79-73(76)67-64-61-58-55-52-49-24-21-18-15-12-9-6-3)81-75(78)69-66-63-60-57-54-51-48-46-44-41-32-30-28-26-23-20-17-14-11-8-5-2/h8,11-12,15,17,20-21,24,26,28-29,31-32,41,72H,4-7,9-10,13-14,16,18-19,22-23,25,27,30,33-40,42-71H2,1-3H3/b11-8-,15-12-,20-17-,24-21-,28-26-,31-29-,41-32-. The summed E-state index contributed by atoms with van der Waals surface area (Å²) >= 11 is 0. The van der Waals surface area contributed by atoms with Gasteiger partial charge in [0, 0.05) is 19.3 Å². The summed E-state index contributed by atoms with van der Waals surface area (Å²) in [4.78, 5) is 38.4. The minimum atomic E-state index is -0.788. The lowest BCUT2D eigenvalue weighted by atomic mass is 10.0. The molecule has 6 heteroatoms. The van der Waals surface area contributed by atoms with Crippen molar-refractivity contribution < 1.29 is 28.6 Å². The zero-order valence-corrected chi connectivity index (χ0v) is 53.8. The Morgan fingerprint density at radius 3 is 0.815 bits per heavy atom. The molecule has 0 aromatic carbocycles. The summed E-state index contributed by atoms with van der Waals surface area (Å²) in [5.41, 5.74) is 0. The number of esters is 3. The molecule has 1 atom stereocenters. The lowest BCUT2D eigenvalue weighted by Crippen LogP contribution is -2.30. The second kappa shape index (κ2) is 69.1. The van der Waals surface area contributed by atoms with E-state index in [2.05, 4.69) is 106 Å². The predicted octanol–water partition coefficient (Wildman–Crippen LogP) is 24.2. The molecule has 0 amide bonds. The van der Waals surface area contributed by atoms with Gasteiger partial charge in [-0.15, -0.1) is 0 Å². The third-order valence-electron chi connectivity index (χ3n) is 15.3. The van der Waals surface area contributed by atoms with Gasteiger partial charge in [-0.1, -0.05) is 311 Å². The second-order valence-electron chi connectivity index (χ2n) is 23.4. The van der Waals surface area contributed by atoms with Gasteiger partial charge in [0.05, 0.1) is 0 Å². The maximum absolute atomic E-state index is 12.9. The van der Waals surface area contributed by atoms with E-state index in [0.717, 1.165) is 116 Å². The lowest BCUT2D eigenvalue weighted by Gasteiger charge is -2.18. The highest BCUT2D eigenvalue weighted by atomic mass is 16.6. The van der Waals surface area contributed by atoms with Crippen molar-refractivity contribution in [3.63, 3.8) is 0 Å². The second-order valence-corrected chi connectivity index (χ2v) is 23.4. The summed E-state index contributed by atoms with van der Waals surface area (Å²) in [5, 5.41) is 0. The Bertz CT molecular complexity index is 1530. The molecule has 468 valence electrons. The molecule has 0 aliphatic carbocycles. The predicted molar refractivity (Wildman–Crippen MR) is 353 cm³/mol. The van der Waals surface area contributed by atoms with Crippen LogP contribution in [0.2, 0.25) is 0 Å². The minimum Gasteiger partial charge on any atom is -0.462 e. The minimum absolute atomic E-state index is 0.0820. The van der Waals surface area contributed by atoms with Crippen LogP contribution in [-0.2, 0) is 28.6 Å². The molecule has 6 nitrogen and oxygen atoms in total. The van der Waals surface area contributed by atoms with E-state index in [4.69, 9.17) is 14.2 Å². The van der Waals surface area contributed by atoms with Crippen LogP contribution in [0, 0.1) is 0 Å². The van der Waals surface area contributed by atoms with E-state index in [1.165, 1.54) is 199 Å². The van der Waals surface area contributed by atoms with Gasteiger partial charge in [-0.25, -0.2) is 0 Å². The Balaban J connectivity index is 4.24. The number of rotatable bonds is 64. The molecule has 81 heavy (non-hydrogen) atoms. The van der Waals surface area contributed by atoms with E-state index in [9.17, 15) is 14.4 Å². The number of hydrogen-bond donors (Lipinski definition) is 0. The van der Waals surface area contributed by atoms with Gasteiger partial charge in [-0.05, 0) is 109 Å². The van der Waals surface area contributed by atoms with Crippen LogP contribution in [0.15, 0.2) is 85.1 Å². The topological polar surface area (TPSA) is 78.9 Å². The van der Waals surface area contributed by atoms with E-state index in [1.54, 1.807) is 0 Å². The first kappa shape index (κ1) is 77.6. The van der Waals surface area contributed by atoms with E-state index in [0.29, 0.717) is 19.3 Å². The summed E-state index contributed by atoms with van der Waals surface area (Å²) in [5.74, 6) is -0.889. The number of carbonyl (C=O) groups excluding carboxylic acids is 3. The Kier molecular flexibility index (Phi) is 66.2. The average molecular weight is 1130 g/mol. The Morgan fingerprint density at radius 2 is 0.506 bits per heavy atom. The SMILES string of the molecule is CC/C=C\C/C=C\C/C=C\C/C=C\CCCCCCCCCCC(=O)OC(COC(=O)CCCCCCC/C=C\C/C=C\CCC)COC(=O)CCCCCCCCCCCCCCCCCCC/C=C\CCCCCCCCCC. The fourth-order valence-electron chi connectivity index (χ4n) is 10.1. The molecule has 0 saturated heterocycles. The molecule has 0 aromatic heterocycles. The molecular formula is C75H132O6. The van der Waals surface area contributed by atoms with Crippen molar-refractivity contribution in [3.8, 4) is 0 Å².